The molecule has 0 saturated carbocycles. The number of halogens is 1. The molecule has 0 amide bonds. The summed E-state index contributed by atoms with van der Waals surface area (Å²) in [4.78, 5) is 11.1. The highest BCUT2D eigenvalue weighted by molar-refractivity contribution is 7.89. The number of carboxylic acid groups (broad SMARTS) is 1. The summed E-state index contributed by atoms with van der Waals surface area (Å²) in [6.45, 7) is -0.348. The van der Waals surface area contributed by atoms with Gasteiger partial charge in [-0.15, -0.1) is 0 Å². The maximum absolute atomic E-state index is 12.8. The van der Waals surface area contributed by atoms with E-state index in [1.165, 1.54) is 11.4 Å². The number of sulfonamides is 1. The van der Waals surface area contributed by atoms with Crippen molar-refractivity contribution in [1.29, 1.82) is 0 Å². The summed E-state index contributed by atoms with van der Waals surface area (Å²) >= 11 is 5.97. The van der Waals surface area contributed by atoms with Gasteiger partial charge in [0.05, 0.1) is 4.90 Å². The Morgan fingerprint density at radius 1 is 1.03 bits per heavy atom. The Morgan fingerprint density at radius 2 is 1.70 bits per heavy atom. The molecule has 0 aliphatic rings. The fraction of sp³-hybridized carbons (Fsp3) is 0.136. The van der Waals surface area contributed by atoms with Crippen LogP contribution >= 0.6 is 11.6 Å². The molecule has 3 aromatic rings. The number of rotatable bonds is 8. The zero-order valence-corrected chi connectivity index (χ0v) is 17.7. The first-order valence-electron chi connectivity index (χ1n) is 9.02. The van der Waals surface area contributed by atoms with E-state index in [0.29, 0.717) is 16.3 Å². The Hall–Kier alpha value is -2.87. The molecule has 30 heavy (non-hydrogen) atoms. The highest BCUT2D eigenvalue weighted by atomic mass is 35.5. The first-order chi connectivity index (χ1) is 14.3. The number of carbonyl (C=O) groups is 1. The van der Waals surface area contributed by atoms with E-state index in [1.807, 2.05) is 0 Å². The molecule has 0 spiro atoms. The average molecular weight is 446 g/mol. The average Bonchev–Trinajstić information content (AvgIpc) is 2.74. The molecule has 156 valence electrons. The van der Waals surface area contributed by atoms with Gasteiger partial charge >= 0.3 is 5.97 Å². The maximum atomic E-state index is 12.8. The van der Waals surface area contributed by atoms with Gasteiger partial charge in [-0.05, 0) is 47.5 Å². The zero-order valence-electron chi connectivity index (χ0n) is 16.2. The van der Waals surface area contributed by atoms with Crippen molar-refractivity contribution < 1.29 is 23.1 Å². The van der Waals surface area contributed by atoms with Gasteiger partial charge in [-0.3, -0.25) is 0 Å². The third-order valence-electron chi connectivity index (χ3n) is 4.41. The van der Waals surface area contributed by atoms with Gasteiger partial charge < -0.3 is 9.84 Å². The highest BCUT2D eigenvalue weighted by Crippen LogP contribution is 2.32. The molecule has 6 nitrogen and oxygen atoms in total. The van der Waals surface area contributed by atoms with Crippen LogP contribution in [0.1, 0.15) is 5.56 Å². The summed E-state index contributed by atoms with van der Waals surface area (Å²) in [6.07, 6.45) is 0. The number of hydrogen-bond donors (Lipinski definition) is 1. The van der Waals surface area contributed by atoms with Crippen molar-refractivity contribution in [2.24, 2.45) is 0 Å². The van der Waals surface area contributed by atoms with Crippen LogP contribution in [0.2, 0.25) is 5.02 Å². The normalized spacial score (nSPS) is 11.4. The molecule has 0 radical (unpaired) electrons. The molecule has 0 fully saturated rings. The van der Waals surface area contributed by atoms with Gasteiger partial charge in [-0.25, -0.2) is 13.2 Å². The van der Waals surface area contributed by atoms with Gasteiger partial charge in [0.15, 0.2) is 6.61 Å². The summed E-state index contributed by atoms with van der Waals surface area (Å²) in [5.74, 6) is -0.702. The van der Waals surface area contributed by atoms with Crippen molar-refractivity contribution in [3.8, 4) is 16.9 Å². The van der Waals surface area contributed by atoms with Crippen LogP contribution < -0.4 is 4.74 Å². The summed E-state index contributed by atoms with van der Waals surface area (Å²) in [6, 6.07) is 20.4. The second kappa shape index (κ2) is 9.30. The molecule has 0 unspecified atom stereocenters. The Morgan fingerprint density at radius 3 is 2.33 bits per heavy atom. The lowest BCUT2D eigenvalue weighted by atomic mass is 10.0. The zero-order chi connectivity index (χ0) is 21.7. The Balaban J connectivity index is 1.93. The molecule has 0 heterocycles. The molecule has 3 rings (SSSR count). The minimum Gasteiger partial charge on any atom is -0.481 e. The third-order valence-corrected chi connectivity index (χ3v) is 6.48. The fourth-order valence-electron chi connectivity index (χ4n) is 2.91. The van der Waals surface area contributed by atoms with E-state index in [1.54, 1.807) is 72.8 Å². The molecule has 1 N–H and O–H groups in total. The lowest BCUT2D eigenvalue weighted by Crippen LogP contribution is -2.26. The predicted molar refractivity (Wildman–Crippen MR) is 115 cm³/mol. The number of ether oxygens (including phenoxy) is 1. The van der Waals surface area contributed by atoms with Crippen molar-refractivity contribution in [3.05, 3.63) is 83.4 Å². The summed E-state index contributed by atoms with van der Waals surface area (Å²) in [5, 5.41) is 9.49. The minimum absolute atomic E-state index is 0.136. The number of aliphatic carboxylic acids is 1. The monoisotopic (exact) mass is 445 g/mol. The molecular formula is C22H20ClNO5S. The molecule has 0 aromatic heterocycles. The third kappa shape index (κ3) is 5.18. The van der Waals surface area contributed by atoms with E-state index in [4.69, 9.17) is 21.4 Å². The van der Waals surface area contributed by atoms with E-state index in [-0.39, 0.29) is 11.4 Å². The molecule has 8 heteroatoms. The van der Waals surface area contributed by atoms with Crippen molar-refractivity contribution >= 4 is 27.6 Å². The van der Waals surface area contributed by atoms with Crippen molar-refractivity contribution in [1.82, 2.24) is 4.31 Å². The van der Waals surface area contributed by atoms with Crippen LogP contribution in [0.5, 0.6) is 5.75 Å². The van der Waals surface area contributed by atoms with Crippen LogP contribution in [-0.2, 0) is 21.4 Å². The van der Waals surface area contributed by atoms with Crippen molar-refractivity contribution in [3.63, 3.8) is 0 Å². The van der Waals surface area contributed by atoms with Crippen LogP contribution in [0.15, 0.2) is 77.7 Å². The Bertz CT molecular complexity index is 1130. The lowest BCUT2D eigenvalue weighted by Gasteiger charge is -2.19. The van der Waals surface area contributed by atoms with Crippen LogP contribution in [0.25, 0.3) is 11.1 Å². The number of nitrogens with zero attached hydrogens (tertiary/aromatic N) is 1. The topological polar surface area (TPSA) is 83.9 Å². The lowest BCUT2D eigenvalue weighted by molar-refractivity contribution is -0.139. The maximum Gasteiger partial charge on any atom is 0.341 e. The number of hydrogen-bond acceptors (Lipinski definition) is 4. The Kier molecular flexibility index (Phi) is 6.77. The summed E-state index contributed by atoms with van der Waals surface area (Å²) < 4.78 is 32.3. The SMILES string of the molecule is CN(Cc1ccc(OCC(=O)O)c(-c2ccc(Cl)cc2)c1)S(=O)(=O)c1ccccc1. The van der Waals surface area contributed by atoms with Crippen LogP contribution in [0, 0.1) is 0 Å². The molecule has 0 atom stereocenters. The molecular weight excluding hydrogens is 426 g/mol. The van der Waals surface area contributed by atoms with Crippen molar-refractivity contribution in [2.45, 2.75) is 11.4 Å². The largest absolute Gasteiger partial charge is 0.481 e. The highest BCUT2D eigenvalue weighted by Gasteiger charge is 2.21. The predicted octanol–water partition coefficient (Wildman–Crippen LogP) is 4.29. The molecule has 3 aromatic carbocycles. The number of benzene rings is 3. The number of carboxylic acids is 1. The molecule has 0 bridgehead atoms. The standard InChI is InChI=1S/C22H20ClNO5S/c1-24(30(27,28)19-5-3-2-4-6-19)14-16-7-12-21(29-15-22(25)26)20(13-16)17-8-10-18(23)11-9-17/h2-13H,14-15H2,1H3,(H,25,26). The summed E-state index contributed by atoms with van der Waals surface area (Å²) in [5.41, 5.74) is 2.15. The van der Waals surface area contributed by atoms with Crippen LogP contribution in [0.4, 0.5) is 0 Å². The van der Waals surface area contributed by atoms with Gasteiger partial charge in [-0.2, -0.15) is 4.31 Å². The first kappa shape index (κ1) is 21.8. The Labute approximate surface area is 180 Å². The van der Waals surface area contributed by atoms with Crippen molar-refractivity contribution in [2.75, 3.05) is 13.7 Å². The van der Waals surface area contributed by atoms with Gasteiger partial charge in [-0.1, -0.05) is 48.0 Å². The van der Waals surface area contributed by atoms with Crippen LogP contribution in [0.3, 0.4) is 0 Å². The smallest absolute Gasteiger partial charge is 0.341 e. The fourth-order valence-corrected chi connectivity index (χ4v) is 4.22. The van der Waals surface area contributed by atoms with E-state index >= 15 is 0 Å². The first-order valence-corrected chi connectivity index (χ1v) is 10.8. The minimum atomic E-state index is -3.64. The van der Waals surface area contributed by atoms with E-state index in [0.717, 1.165) is 11.1 Å². The van der Waals surface area contributed by atoms with Crippen LogP contribution in [-0.4, -0.2) is 37.5 Å². The molecule has 0 aliphatic heterocycles. The second-order valence-corrected chi connectivity index (χ2v) is 9.08. The van der Waals surface area contributed by atoms with Gasteiger partial charge in [0.25, 0.3) is 0 Å². The molecule has 0 saturated heterocycles. The van der Waals surface area contributed by atoms with Gasteiger partial charge in [0.2, 0.25) is 10.0 Å². The molecule has 0 aliphatic carbocycles. The van der Waals surface area contributed by atoms with E-state index in [9.17, 15) is 13.2 Å². The summed E-state index contributed by atoms with van der Waals surface area (Å²) in [7, 11) is -2.13. The van der Waals surface area contributed by atoms with Gasteiger partial charge in [0.1, 0.15) is 5.75 Å². The quantitative estimate of drug-likeness (QED) is 0.559. The second-order valence-electron chi connectivity index (χ2n) is 6.59. The van der Waals surface area contributed by atoms with E-state index in [2.05, 4.69) is 0 Å². The van der Waals surface area contributed by atoms with Gasteiger partial charge in [0, 0.05) is 24.2 Å². The van der Waals surface area contributed by atoms with E-state index < -0.39 is 22.6 Å².